The van der Waals surface area contributed by atoms with Crippen molar-refractivity contribution < 1.29 is 9.90 Å². The van der Waals surface area contributed by atoms with Crippen LogP contribution in [0.2, 0.25) is 0 Å². The summed E-state index contributed by atoms with van der Waals surface area (Å²) in [6.07, 6.45) is 5.44. The van der Waals surface area contributed by atoms with Crippen LogP contribution in [0, 0.1) is 0 Å². The minimum atomic E-state index is -0.957. The van der Waals surface area contributed by atoms with Crippen LogP contribution in [0.25, 0.3) is 6.08 Å². The number of hydrogen-bond acceptors (Lipinski definition) is 3. The van der Waals surface area contributed by atoms with Gasteiger partial charge in [-0.3, -0.25) is 0 Å². The Morgan fingerprint density at radius 3 is 2.95 bits per heavy atom. The number of aromatic nitrogens is 1. The normalized spacial score (nSPS) is 13.7. The number of carboxylic acids is 1. The van der Waals surface area contributed by atoms with Crippen LogP contribution in [0.15, 0.2) is 48.7 Å². The molecule has 0 saturated carbocycles. The number of anilines is 2. The number of carboxylic acid groups (broad SMARTS) is 1. The molecule has 1 N–H and O–H groups in total. The zero-order valence-corrected chi connectivity index (χ0v) is 10.9. The van der Waals surface area contributed by atoms with Gasteiger partial charge in [0.1, 0.15) is 5.82 Å². The van der Waals surface area contributed by atoms with Gasteiger partial charge in [-0.15, -0.1) is 0 Å². The largest absolute Gasteiger partial charge is 0.478 e. The average molecular weight is 266 g/mol. The number of fused-ring (bicyclic) bond motifs is 1. The van der Waals surface area contributed by atoms with Crippen molar-refractivity contribution in [1.29, 1.82) is 0 Å². The quantitative estimate of drug-likeness (QED) is 0.868. The van der Waals surface area contributed by atoms with E-state index in [1.165, 1.54) is 5.56 Å². The summed E-state index contributed by atoms with van der Waals surface area (Å²) in [7, 11) is 0. The molecule has 1 aliphatic rings. The molecule has 2 heterocycles. The fourth-order valence-corrected chi connectivity index (χ4v) is 2.48. The van der Waals surface area contributed by atoms with E-state index in [9.17, 15) is 4.79 Å². The van der Waals surface area contributed by atoms with Gasteiger partial charge in [0.15, 0.2) is 0 Å². The molecule has 1 aliphatic heterocycles. The van der Waals surface area contributed by atoms with E-state index in [0.29, 0.717) is 0 Å². The molecule has 0 unspecified atom stereocenters. The molecule has 0 spiro atoms. The van der Waals surface area contributed by atoms with Crippen LogP contribution in [0.4, 0.5) is 11.5 Å². The van der Waals surface area contributed by atoms with Gasteiger partial charge >= 0.3 is 5.97 Å². The third-order valence-corrected chi connectivity index (χ3v) is 3.37. The van der Waals surface area contributed by atoms with Crippen molar-refractivity contribution in [3.63, 3.8) is 0 Å². The molecule has 1 aromatic carbocycles. The second-order valence-electron chi connectivity index (χ2n) is 4.62. The Morgan fingerprint density at radius 1 is 1.25 bits per heavy atom. The molecule has 1 aromatic heterocycles. The first-order chi connectivity index (χ1) is 9.75. The predicted octanol–water partition coefficient (Wildman–Crippen LogP) is 2.87. The summed E-state index contributed by atoms with van der Waals surface area (Å²) in [5.41, 5.74) is 3.26. The Labute approximate surface area is 117 Å². The van der Waals surface area contributed by atoms with E-state index in [1.54, 1.807) is 12.3 Å². The van der Waals surface area contributed by atoms with Crippen LogP contribution in [0.5, 0.6) is 0 Å². The number of aliphatic carboxylic acids is 1. The van der Waals surface area contributed by atoms with Gasteiger partial charge in [-0.05, 0) is 36.3 Å². The monoisotopic (exact) mass is 266 g/mol. The van der Waals surface area contributed by atoms with Gasteiger partial charge in [-0.2, -0.15) is 0 Å². The first kappa shape index (κ1) is 12.4. The Hall–Kier alpha value is -2.62. The highest BCUT2D eigenvalue weighted by molar-refractivity contribution is 5.87. The maximum Gasteiger partial charge on any atom is 0.328 e. The number of rotatable bonds is 3. The van der Waals surface area contributed by atoms with Gasteiger partial charge in [-0.1, -0.05) is 18.2 Å². The first-order valence-electron chi connectivity index (χ1n) is 6.47. The van der Waals surface area contributed by atoms with Crippen LogP contribution in [-0.2, 0) is 11.2 Å². The maximum atomic E-state index is 10.7. The van der Waals surface area contributed by atoms with E-state index in [-0.39, 0.29) is 0 Å². The molecule has 100 valence electrons. The lowest BCUT2D eigenvalue weighted by molar-refractivity contribution is -0.131. The molecule has 0 saturated heterocycles. The summed E-state index contributed by atoms with van der Waals surface area (Å²) in [4.78, 5) is 17.2. The Bertz CT molecular complexity index is 680. The highest BCUT2D eigenvalue weighted by atomic mass is 16.4. The lowest BCUT2D eigenvalue weighted by Crippen LogP contribution is -2.15. The van der Waals surface area contributed by atoms with Crippen LogP contribution < -0.4 is 4.90 Å². The van der Waals surface area contributed by atoms with Crippen molar-refractivity contribution >= 4 is 23.6 Å². The highest BCUT2D eigenvalue weighted by Crippen LogP contribution is 2.34. The fourth-order valence-electron chi connectivity index (χ4n) is 2.48. The van der Waals surface area contributed by atoms with E-state index in [2.05, 4.69) is 22.0 Å². The molecule has 0 aliphatic carbocycles. The van der Waals surface area contributed by atoms with Gasteiger partial charge < -0.3 is 10.0 Å². The van der Waals surface area contributed by atoms with Gasteiger partial charge in [0.25, 0.3) is 0 Å². The molecule has 4 heteroatoms. The summed E-state index contributed by atoms with van der Waals surface area (Å²) < 4.78 is 0. The van der Waals surface area contributed by atoms with Crippen molar-refractivity contribution in [1.82, 2.24) is 4.98 Å². The number of pyridine rings is 1. The zero-order valence-electron chi connectivity index (χ0n) is 10.9. The van der Waals surface area contributed by atoms with E-state index in [4.69, 9.17) is 5.11 Å². The molecule has 0 radical (unpaired) electrons. The van der Waals surface area contributed by atoms with Crippen molar-refractivity contribution in [2.45, 2.75) is 6.42 Å². The number of benzene rings is 1. The summed E-state index contributed by atoms with van der Waals surface area (Å²) in [5, 5.41) is 8.77. The Balaban J connectivity index is 2.02. The van der Waals surface area contributed by atoms with Crippen molar-refractivity contribution in [3.8, 4) is 0 Å². The molecule has 0 bridgehead atoms. The third-order valence-electron chi connectivity index (χ3n) is 3.37. The second-order valence-corrected chi connectivity index (χ2v) is 4.62. The number of hydrogen-bond donors (Lipinski definition) is 1. The molecule has 2 aromatic rings. The average Bonchev–Trinajstić information content (AvgIpc) is 2.89. The molecule has 0 fully saturated rings. The van der Waals surface area contributed by atoms with E-state index >= 15 is 0 Å². The summed E-state index contributed by atoms with van der Waals surface area (Å²) in [6, 6.07) is 11.9. The number of para-hydroxylation sites is 1. The third kappa shape index (κ3) is 2.28. The minimum Gasteiger partial charge on any atom is -0.478 e. The lowest BCUT2D eigenvalue weighted by atomic mass is 10.2. The zero-order chi connectivity index (χ0) is 13.9. The summed E-state index contributed by atoms with van der Waals surface area (Å²) in [6.45, 7) is 0.865. The first-order valence-corrected chi connectivity index (χ1v) is 6.47. The summed E-state index contributed by atoms with van der Waals surface area (Å²) >= 11 is 0. The smallest absolute Gasteiger partial charge is 0.328 e. The standard InChI is InChI=1S/C16H14N2O2/c19-15(20)8-7-13-5-3-10-17-16(13)18-11-9-12-4-1-2-6-14(12)18/h1-8,10H,9,11H2,(H,19,20)/b8-7+. The second kappa shape index (κ2) is 5.17. The lowest BCUT2D eigenvalue weighted by Gasteiger charge is -2.20. The number of carbonyl (C=O) groups is 1. The van der Waals surface area contributed by atoms with E-state index in [0.717, 1.165) is 36.1 Å². The Morgan fingerprint density at radius 2 is 2.10 bits per heavy atom. The van der Waals surface area contributed by atoms with E-state index < -0.39 is 5.97 Å². The van der Waals surface area contributed by atoms with Gasteiger partial charge in [-0.25, -0.2) is 9.78 Å². The molecule has 3 rings (SSSR count). The maximum absolute atomic E-state index is 10.7. The van der Waals surface area contributed by atoms with Crippen molar-refractivity contribution in [2.24, 2.45) is 0 Å². The molecular formula is C16H14N2O2. The van der Waals surface area contributed by atoms with Crippen LogP contribution >= 0.6 is 0 Å². The SMILES string of the molecule is O=C(O)/C=C/c1cccnc1N1CCc2ccccc21. The Kier molecular flexibility index (Phi) is 3.21. The predicted molar refractivity (Wildman–Crippen MR) is 78.1 cm³/mol. The molecular weight excluding hydrogens is 252 g/mol. The topological polar surface area (TPSA) is 53.4 Å². The van der Waals surface area contributed by atoms with Crippen LogP contribution in [0.1, 0.15) is 11.1 Å². The molecule has 0 atom stereocenters. The fraction of sp³-hybridized carbons (Fsp3) is 0.125. The molecule has 4 nitrogen and oxygen atoms in total. The van der Waals surface area contributed by atoms with Crippen molar-refractivity contribution in [3.05, 3.63) is 59.8 Å². The van der Waals surface area contributed by atoms with Gasteiger partial charge in [0.05, 0.1) is 0 Å². The van der Waals surface area contributed by atoms with Gasteiger partial charge in [0, 0.05) is 30.1 Å². The van der Waals surface area contributed by atoms with E-state index in [1.807, 2.05) is 24.3 Å². The molecule has 0 amide bonds. The van der Waals surface area contributed by atoms with Crippen LogP contribution in [0.3, 0.4) is 0 Å². The number of nitrogens with zero attached hydrogens (tertiary/aromatic N) is 2. The molecule has 20 heavy (non-hydrogen) atoms. The summed E-state index contributed by atoms with van der Waals surface area (Å²) in [5.74, 6) is -0.156. The minimum absolute atomic E-state index is 0.801. The van der Waals surface area contributed by atoms with Gasteiger partial charge in [0.2, 0.25) is 0 Å². The highest BCUT2D eigenvalue weighted by Gasteiger charge is 2.22. The van der Waals surface area contributed by atoms with Crippen LogP contribution in [-0.4, -0.2) is 22.6 Å². The van der Waals surface area contributed by atoms with Crippen molar-refractivity contribution in [2.75, 3.05) is 11.4 Å².